The van der Waals surface area contributed by atoms with E-state index in [4.69, 9.17) is 34.8 Å². The summed E-state index contributed by atoms with van der Waals surface area (Å²) < 4.78 is 0. The second kappa shape index (κ2) is 9.29. The van der Waals surface area contributed by atoms with Crippen molar-refractivity contribution in [2.45, 2.75) is 19.8 Å². The quantitative estimate of drug-likeness (QED) is 0.317. The Kier molecular flexibility index (Phi) is 6.61. The second-order valence-electron chi connectivity index (χ2n) is 8.08. The Morgan fingerprint density at radius 1 is 0.970 bits per heavy atom. The number of fused-ring (bicyclic) bond motifs is 1. The van der Waals surface area contributed by atoms with Crippen molar-refractivity contribution in [2.75, 3.05) is 6.54 Å². The smallest absolute Gasteiger partial charge is 0.274 e. The first kappa shape index (κ1) is 23.5. The molecule has 0 N–H and O–H groups in total. The number of nitrogens with zero attached hydrogens (tertiary/aromatic N) is 2. The largest absolute Gasteiger partial charge is 0.292 e. The number of imide groups is 1. The summed E-state index contributed by atoms with van der Waals surface area (Å²) in [4.78, 5) is 53.2. The number of Topliss-reactive ketones (excluding diaryl/α,β-unsaturated/α-hetero) is 1. The van der Waals surface area contributed by atoms with Crippen molar-refractivity contribution >= 4 is 58.3 Å². The van der Waals surface area contributed by atoms with Gasteiger partial charge in [-0.2, -0.15) is 5.01 Å². The third-order valence-electron chi connectivity index (χ3n) is 5.90. The molecule has 0 radical (unpaired) electrons. The van der Waals surface area contributed by atoms with Gasteiger partial charge in [0.25, 0.3) is 17.7 Å². The predicted octanol–water partition coefficient (Wildman–Crippen LogP) is 5.23. The lowest BCUT2D eigenvalue weighted by atomic mass is 9.82. The molecule has 1 aliphatic carbocycles. The van der Waals surface area contributed by atoms with Crippen LogP contribution in [-0.4, -0.2) is 40.1 Å². The summed E-state index contributed by atoms with van der Waals surface area (Å²) in [7, 11) is 0. The summed E-state index contributed by atoms with van der Waals surface area (Å²) in [5, 5.41) is 2.28. The van der Waals surface area contributed by atoms with Crippen molar-refractivity contribution in [3.05, 3.63) is 80.3 Å². The fourth-order valence-electron chi connectivity index (χ4n) is 4.20. The number of allylic oxidation sites excluding steroid dienone is 2. The number of hydrogen-bond acceptors (Lipinski definition) is 4. The lowest BCUT2D eigenvalue weighted by Crippen LogP contribution is -2.52. The van der Waals surface area contributed by atoms with Crippen LogP contribution in [0.25, 0.3) is 0 Å². The number of carbonyl (C=O) groups is 4. The number of hydrazine groups is 1. The number of benzene rings is 2. The van der Waals surface area contributed by atoms with Crippen LogP contribution in [0.15, 0.2) is 54.1 Å². The third-order valence-corrected chi connectivity index (χ3v) is 6.78. The molecule has 0 aromatic heterocycles. The normalized spacial score (nSPS) is 19.9. The number of halogens is 3. The highest BCUT2D eigenvalue weighted by Gasteiger charge is 2.51. The maximum absolute atomic E-state index is 13.5. The summed E-state index contributed by atoms with van der Waals surface area (Å²) in [5.41, 5.74) is 1.19. The zero-order valence-electron chi connectivity index (χ0n) is 17.6. The minimum Gasteiger partial charge on any atom is -0.292 e. The Morgan fingerprint density at radius 3 is 2.36 bits per heavy atom. The Bertz CT molecular complexity index is 1210. The van der Waals surface area contributed by atoms with Crippen molar-refractivity contribution in [3.63, 3.8) is 0 Å². The van der Waals surface area contributed by atoms with E-state index < -0.39 is 41.9 Å². The average molecular weight is 506 g/mol. The highest BCUT2D eigenvalue weighted by Crippen LogP contribution is 2.39. The van der Waals surface area contributed by atoms with Gasteiger partial charge < -0.3 is 0 Å². The molecule has 1 aliphatic heterocycles. The zero-order chi connectivity index (χ0) is 23.9. The van der Waals surface area contributed by atoms with Crippen molar-refractivity contribution in [2.24, 2.45) is 11.8 Å². The number of ketones is 1. The standard InChI is InChI=1S/C24H19Cl3N2O4/c1-13-6-8-15-18(10-13)24(33)29(23(15)32)28(22(31)17-4-2-3-5-19(17)26)12-21(30)16-9-7-14(25)11-20(16)27/h2-7,9,11,15,18H,8,10,12H2,1H3/t15-,18-/m1/s1. The van der Waals surface area contributed by atoms with Crippen LogP contribution >= 0.6 is 34.8 Å². The number of rotatable bonds is 5. The number of hydrogen-bond donors (Lipinski definition) is 0. The van der Waals surface area contributed by atoms with Crippen LogP contribution < -0.4 is 0 Å². The third kappa shape index (κ3) is 4.43. The van der Waals surface area contributed by atoms with Gasteiger partial charge in [0, 0.05) is 10.6 Å². The number of carbonyl (C=O) groups excluding carboxylic acids is 4. The van der Waals surface area contributed by atoms with E-state index in [9.17, 15) is 19.2 Å². The van der Waals surface area contributed by atoms with Crippen LogP contribution in [0.2, 0.25) is 15.1 Å². The Balaban J connectivity index is 1.73. The molecule has 0 bridgehead atoms. The van der Waals surface area contributed by atoms with Crippen LogP contribution in [-0.2, 0) is 9.59 Å². The van der Waals surface area contributed by atoms with Gasteiger partial charge in [0.2, 0.25) is 0 Å². The van der Waals surface area contributed by atoms with Gasteiger partial charge in [-0.3, -0.25) is 19.2 Å². The van der Waals surface area contributed by atoms with Crippen molar-refractivity contribution in [3.8, 4) is 0 Å². The van der Waals surface area contributed by atoms with Crippen LogP contribution in [0, 0.1) is 11.8 Å². The molecule has 2 atom stereocenters. The van der Waals surface area contributed by atoms with E-state index in [1.165, 1.54) is 30.3 Å². The molecule has 3 amide bonds. The molecule has 4 rings (SSSR count). The zero-order valence-corrected chi connectivity index (χ0v) is 19.8. The van der Waals surface area contributed by atoms with Gasteiger partial charge in [-0.25, -0.2) is 5.01 Å². The predicted molar refractivity (Wildman–Crippen MR) is 125 cm³/mol. The summed E-state index contributed by atoms with van der Waals surface area (Å²) in [6.07, 6.45) is 2.76. The minimum atomic E-state index is -0.732. The molecule has 0 spiro atoms. The molecular weight excluding hydrogens is 487 g/mol. The van der Waals surface area contributed by atoms with Gasteiger partial charge in [0.15, 0.2) is 5.78 Å². The monoisotopic (exact) mass is 504 g/mol. The average Bonchev–Trinajstić information content (AvgIpc) is 3.01. The Labute approximate surface area is 205 Å². The molecule has 1 saturated heterocycles. The molecule has 33 heavy (non-hydrogen) atoms. The van der Waals surface area contributed by atoms with Crippen LogP contribution in [0.5, 0.6) is 0 Å². The number of amides is 3. The fourth-order valence-corrected chi connectivity index (χ4v) is 4.93. The lowest BCUT2D eigenvalue weighted by molar-refractivity contribution is -0.154. The molecule has 6 nitrogen and oxygen atoms in total. The maximum atomic E-state index is 13.5. The lowest BCUT2D eigenvalue weighted by Gasteiger charge is -2.30. The molecular formula is C24H19Cl3N2O4. The van der Waals surface area contributed by atoms with Gasteiger partial charge in [-0.1, -0.05) is 58.6 Å². The van der Waals surface area contributed by atoms with E-state index in [2.05, 4.69) is 0 Å². The van der Waals surface area contributed by atoms with Gasteiger partial charge in [-0.05, 0) is 50.1 Å². The van der Waals surface area contributed by atoms with Gasteiger partial charge in [-0.15, -0.1) is 0 Å². The molecule has 2 aromatic rings. The van der Waals surface area contributed by atoms with E-state index in [1.807, 2.05) is 13.0 Å². The summed E-state index contributed by atoms with van der Waals surface area (Å²) in [6.45, 7) is 1.32. The first-order valence-electron chi connectivity index (χ1n) is 10.3. The SMILES string of the molecule is CC1=CC[C@H]2C(=O)N(N(CC(=O)c3ccc(Cl)cc3Cl)C(=O)c3ccccc3Cl)C(=O)[C@@H]2C1. The van der Waals surface area contributed by atoms with Crippen LogP contribution in [0.1, 0.15) is 40.5 Å². The van der Waals surface area contributed by atoms with Crippen molar-refractivity contribution in [1.82, 2.24) is 10.0 Å². The van der Waals surface area contributed by atoms with E-state index >= 15 is 0 Å². The van der Waals surface area contributed by atoms with Crippen molar-refractivity contribution in [1.29, 1.82) is 0 Å². The van der Waals surface area contributed by atoms with Crippen LogP contribution in [0.3, 0.4) is 0 Å². The molecule has 0 saturated carbocycles. The molecule has 2 aromatic carbocycles. The summed E-state index contributed by atoms with van der Waals surface area (Å²) >= 11 is 18.3. The van der Waals surface area contributed by atoms with Gasteiger partial charge in [0.05, 0.1) is 27.4 Å². The maximum Gasteiger partial charge on any atom is 0.274 e. The first-order valence-corrected chi connectivity index (χ1v) is 11.4. The Hall–Kier alpha value is -2.67. The molecule has 1 heterocycles. The fraction of sp³-hybridized carbons (Fsp3) is 0.250. The highest BCUT2D eigenvalue weighted by atomic mass is 35.5. The van der Waals surface area contributed by atoms with E-state index in [1.54, 1.807) is 12.1 Å². The topological polar surface area (TPSA) is 74.8 Å². The van der Waals surface area contributed by atoms with Crippen molar-refractivity contribution < 1.29 is 19.2 Å². The summed E-state index contributed by atoms with van der Waals surface area (Å²) in [5.74, 6) is -3.45. The second-order valence-corrected chi connectivity index (χ2v) is 9.33. The molecule has 9 heteroatoms. The molecule has 170 valence electrons. The van der Waals surface area contributed by atoms with E-state index in [-0.39, 0.29) is 21.2 Å². The van der Waals surface area contributed by atoms with E-state index in [0.29, 0.717) is 17.9 Å². The molecule has 1 fully saturated rings. The molecule has 0 unspecified atom stereocenters. The highest BCUT2D eigenvalue weighted by molar-refractivity contribution is 6.37. The Morgan fingerprint density at radius 2 is 1.67 bits per heavy atom. The van der Waals surface area contributed by atoms with E-state index in [0.717, 1.165) is 15.6 Å². The summed E-state index contributed by atoms with van der Waals surface area (Å²) in [6, 6.07) is 10.6. The first-order chi connectivity index (χ1) is 15.7. The van der Waals surface area contributed by atoms with Crippen LogP contribution in [0.4, 0.5) is 0 Å². The van der Waals surface area contributed by atoms with Gasteiger partial charge in [0.1, 0.15) is 6.54 Å². The minimum absolute atomic E-state index is 0.0685. The van der Waals surface area contributed by atoms with Gasteiger partial charge >= 0.3 is 0 Å². The molecule has 2 aliphatic rings.